The summed E-state index contributed by atoms with van der Waals surface area (Å²) in [5.41, 5.74) is 3.24. The number of unbranched alkanes of at least 4 members (excludes halogenated alkanes) is 2. The third-order valence-electron chi connectivity index (χ3n) is 2.43. The van der Waals surface area contributed by atoms with Crippen molar-refractivity contribution in [2.24, 2.45) is 0 Å². The first-order chi connectivity index (χ1) is 6.92. The molecule has 1 N–H and O–H groups in total. The molecule has 0 saturated carbocycles. The number of aryl methyl sites for hydroxylation is 1. The Hall–Kier alpha value is -1.38. The Morgan fingerprint density at radius 3 is 3.07 bits per heavy atom. The van der Waals surface area contributed by atoms with Crippen LogP contribution in [0.5, 0.6) is 0 Å². The summed E-state index contributed by atoms with van der Waals surface area (Å²) in [6.07, 6.45) is 8.34. The number of nitrogens with zero attached hydrogens (tertiary/aromatic N) is 2. The Morgan fingerprint density at radius 1 is 1.29 bits per heavy atom. The lowest BCUT2D eigenvalue weighted by molar-refractivity contribution is 0.710. The van der Waals surface area contributed by atoms with E-state index in [9.17, 15) is 0 Å². The SMILES string of the molecule is CCCCCc1nccc2[nH]cnc12. The first kappa shape index (κ1) is 9.19. The van der Waals surface area contributed by atoms with Gasteiger partial charge in [-0.2, -0.15) is 0 Å². The van der Waals surface area contributed by atoms with Gasteiger partial charge < -0.3 is 4.98 Å². The van der Waals surface area contributed by atoms with Gasteiger partial charge in [-0.1, -0.05) is 19.8 Å². The molecule has 0 bridgehead atoms. The number of aromatic nitrogens is 3. The number of imidazole rings is 1. The number of pyridine rings is 1. The fraction of sp³-hybridized carbons (Fsp3) is 0.455. The van der Waals surface area contributed by atoms with E-state index in [2.05, 4.69) is 21.9 Å². The van der Waals surface area contributed by atoms with Crippen molar-refractivity contribution in [2.75, 3.05) is 0 Å². The summed E-state index contributed by atoms with van der Waals surface area (Å²) in [5.74, 6) is 0. The molecule has 2 aromatic rings. The normalized spacial score (nSPS) is 10.9. The fourth-order valence-corrected chi connectivity index (χ4v) is 1.65. The van der Waals surface area contributed by atoms with Gasteiger partial charge in [-0.15, -0.1) is 0 Å². The summed E-state index contributed by atoms with van der Waals surface area (Å²) in [6, 6.07) is 1.96. The molecule has 0 spiro atoms. The van der Waals surface area contributed by atoms with Crippen molar-refractivity contribution in [3.8, 4) is 0 Å². The summed E-state index contributed by atoms with van der Waals surface area (Å²) in [7, 11) is 0. The molecule has 3 nitrogen and oxygen atoms in total. The van der Waals surface area contributed by atoms with Crippen LogP contribution >= 0.6 is 0 Å². The van der Waals surface area contributed by atoms with E-state index in [4.69, 9.17) is 0 Å². The summed E-state index contributed by atoms with van der Waals surface area (Å²) in [4.78, 5) is 11.7. The molecule has 3 heteroatoms. The predicted octanol–water partition coefficient (Wildman–Crippen LogP) is 2.69. The van der Waals surface area contributed by atoms with Crippen molar-refractivity contribution in [3.05, 3.63) is 24.3 Å². The van der Waals surface area contributed by atoms with E-state index in [0.29, 0.717) is 0 Å². The highest BCUT2D eigenvalue weighted by molar-refractivity contribution is 5.76. The molecule has 2 aromatic heterocycles. The molecule has 74 valence electrons. The standard InChI is InChI=1S/C11H15N3/c1-2-3-4-5-9-11-10(6-7-12-9)13-8-14-11/h6-8H,2-5H2,1H3,(H,13,14). The molecule has 14 heavy (non-hydrogen) atoms. The van der Waals surface area contributed by atoms with Crippen LogP contribution in [0.2, 0.25) is 0 Å². The monoisotopic (exact) mass is 189 g/mol. The Balaban J connectivity index is 2.19. The van der Waals surface area contributed by atoms with E-state index in [1.165, 1.54) is 19.3 Å². The van der Waals surface area contributed by atoms with Crippen LogP contribution in [-0.4, -0.2) is 15.0 Å². The Bertz CT molecular complexity index is 406. The number of nitrogens with one attached hydrogen (secondary N) is 1. The summed E-state index contributed by atoms with van der Waals surface area (Å²) in [6.45, 7) is 2.21. The van der Waals surface area contributed by atoms with E-state index in [0.717, 1.165) is 23.1 Å². The molecule has 0 atom stereocenters. The second-order valence-electron chi connectivity index (χ2n) is 3.51. The van der Waals surface area contributed by atoms with Crippen LogP contribution in [0, 0.1) is 0 Å². The lowest BCUT2D eigenvalue weighted by atomic mass is 10.1. The van der Waals surface area contributed by atoms with Crippen molar-refractivity contribution in [1.82, 2.24) is 15.0 Å². The quantitative estimate of drug-likeness (QED) is 0.751. The zero-order chi connectivity index (χ0) is 9.80. The van der Waals surface area contributed by atoms with Gasteiger partial charge in [-0.3, -0.25) is 4.98 Å². The fourth-order valence-electron chi connectivity index (χ4n) is 1.65. The molecule has 0 aliphatic heterocycles. The molecule has 2 heterocycles. The molecular formula is C11H15N3. The first-order valence-electron chi connectivity index (χ1n) is 5.18. The average Bonchev–Trinajstić information content (AvgIpc) is 2.67. The maximum Gasteiger partial charge on any atom is 0.110 e. The second-order valence-corrected chi connectivity index (χ2v) is 3.51. The van der Waals surface area contributed by atoms with Gasteiger partial charge in [0.25, 0.3) is 0 Å². The van der Waals surface area contributed by atoms with Gasteiger partial charge in [0, 0.05) is 6.20 Å². The third-order valence-corrected chi connectivity index (χ3v) is 2.43. The Kier molecular flexibility index (Phi) is 2.77. The van der Waals surface area contributed by atoms with Gasteiger partial charge in [-0.25, -0.2) is 4.98 Å². The van der Waals surface area contributed by atoms with Crippen LogP contribution in [0.4, 0.5) is 0 Å². The van der Waals surface area contributed by atoms with Crippen LogP contribution in [0.3, 0.4) is 0 Å². The molecule has 0 fully saturated rings. The van der Waals surface area contributed by atoms with Crippen molar-refractivity contribution in [1.29, 1.82) is 0 Å². The highest BCUT2D eigenvalue weighted by Crippen LogP contribution is 2.14. The highest BCUT2D eigenvalue weighted by Gasteiger charge is 2.03. The highest BCUT2D eigenvalue weighted by atomic mass is 14.9. The van der Waals surface area contributed by atoms with Crippen LogP contribution in [0.25, 0.3) is 11.0 Å². The minimum absolute atomic E-state index is 1.03. The zero-order valence-corrected chi connectivity index (χ0v) is 8.45. The largest absolute Gasteiger partial charge is 0.344 e. The predicted molar refractivity (Wildman–Crippen MR) is 57.1 cm³/mol. The van der Waals surface area contributed by atoms with Gasteiger partial charge in [0.05, 0.1) is 17.5 Å². The second kappa shape index (κ2) is 4.22. The minimum Gasteiger partial charge on any atom is -0.344 e. The number of rotatable bonds is 4. The summed E-state index contributed by atoms with van der Waals surface area (Å²) < 4.78 is 0. The van der Waals surface area contributed by atoms with Crippen molar-refractivity contribution in [2.45, 2.75) is 32.6 Å². The van der Waals surface area contributed by atoms with E-state index < -0.39 is 0 Å². The molecule has 0 unspecified atom stereocenters. The van der Waals surface area contributed by atoms with Crippen LogP contribution in [0.15, 0.2) is 18.6 Å². The molecule has 0 amide bonds. The zero-order valence-electron chi connectivity index (χ0n) is 8.45. The molecule has 2 rings (SSSR count). The van der Waals surface area contributed by atoms with Gasteiger partial charge in [0.2, 0.25) is 0 Å². The van der Waals surface area contributed by atoms with Gasteiger partial charge in [0.15, 0.2) is 0 Å². The van der Waals surface area contributed by atoms with Crippen LogP contribution in [0.1, 0.15) is 31.9 Å². The smallest absolute Gasteiger partial charge is 0.110 e. The number of fused-ring (bicyclic) bond motifs is 1. The van der Waals surface area contributed by atoms with E-state index in [1.54, 1.807) is 6.33 Å². The van der Waals surface area contributed by atoms with Gasteiger partial charge in [0.1, 0.15) is 5.52 Å². The van der Waals surface area contributed by atoms with Crippen molar-refractivity contribution >= 4 is 11.0 Å². The van der Waals surface area contributed by atoms with Gasteiger partial charge in [-0.05, 0) is 18.9 Å². The Labute approximate surface area is 83.6 Å². The number of hydrogen-bond donors (Lipinski definition) is 1. The molecule has 0 radical (unpaired) electrons. The van der Waals surface area contributed by atoms with Crippen molar-refractivity contribution < 1.29 is 0 Å². The summed E-state index contributed by atoms with van der Waals surface area (Å²) >= 11 is 0. The van der Waals surface area contributed by atoms with E-state index >= 15 is 0 Å². The van der Waals surface area contributed by atoms with Gasteiger partial charge >= 0.3 is 0 Å². The molecule has 0 saturated heterocycles. The molecule has 0 aliphatic rings. The minimum atomic E-state index is 1.03. The maximum atomic E-state index is 4.37. The van der Waals surface area contributed by atoms with Crippen molar-refractivity contribution in [3.63, 3.8) is 0 Å². The third kappa shape index (κ3) is 1.76. The molecular weight excluding hydrogens is 174 g/mol. The molecule has 0 aliphatic carbocycles. The first-order valence-corrected chi connectivity index (χ1v) is 5.18. The number of aromatic amines is 1. The number of H-pyrrole nitrogens is 1. The van der Waals surface area contributed by atoms with Crippen LogP contribution < -0.4 is 0 Å². The molecule has 0 aromatic carbocycles. The van der Waals surface area contributed by atoms with Crippen LogP contribution in [-0.2, 0) is 6.42 Å². The summed E-state index contributed by atoms with van der Waals surface area (Å²) in [5, 5.41) is 0. The van der Waals surface area contributed by atoms with E-state index in [1.807, 2.05) is 12.3 Å². The topological polar surface area (TPSA) is 41.6 Å². The maximum absolute atomic E-state index is 4.37. The average molecular weight is 189 g/mol. The lowest BCUT2D eigenvalue weighted by Crippen LogP contribution is -1.91. The lowest BCUT2D eigenvalue weighted by Gasteiger charge is -1.99. The Morgan fingerprint density at radius 2 is 2.21 bits per heavy atom. The number of hydrogen-bond acceptors (Lipinski definition) is 2. The van der Waals surface area contributed by atoms with E-state index in [-0.39, 0.29) is 0 Å².